The second-order valence-corrected chi connectivity index (χ2v) is 4.97. The lowest BCUT2D eigenvalue weighted by atomic mass is 10.2. The van der Waals surface area contributed by atoms with Gasteiger partial charge in [0.2, 0.25) is 0 Å². The van der Waals surface area contributed by atoms with Crippen molar-refractivity contribution in [3.05, 3.63) is 0 Å². The monoisotopic (exact) mass is 146 g/mol. The minimum Gasteiger partial charge on any atom is -0.435 e. The van der Waals surface area contributed by atoms with Gasteiger partial charge in [0, 0.05) is 0 Å². The van der Waals surface area contributed by atoms with Gasteiger partial charge in [0.15, 0.2) is 9.04 Å². The van der Waals surface area contributed by atoms with Crippen molar-refractivity contribution < 1.29 is 4.80 Å². The number of hydrogen-bond donors (Lipinski definition) is 1. The Bertz CT molecular complexity index is 54.9. The standard InChI is InChI=1S/C7H18OSi/c1-3-4-5-6-7-9(2)8/h8-9H,3-7H2,1-2H3. The Morgan fingerprint density at radius 3 is 2.33 bits per heavy atom. The maximum atomic E-state index is 8.99. The van der Waals surface area contributed by atoms with Gasteiger partial charge in [-0.05, 0) is 12.6 Å². The van der Waals surface area contributed by atoms with E-state index in [9.17, 15) is 0 Å². The van der Waals surface area contributed by atoms with Crippen molar-refractivity contribution in [3.63, 3.8) is 0 Å². The normalized spacial score (nSPS) is 13.7. The van der Waals surface area contributed by atoms with Gasteiger partial charge in [-0.15, -0.1) is 0 Å². The molecule has 0 aromatic heterocycles. The first-order valence-corrected chi connectivity index (χ1v) is 6.44. The van der Waals surface area contributed by atoms with Gasteiger partial charge in [0.1, 0.15) is 0 Å². The molecule has 56 valence electrons. The Balaban J connectivity index is 2.75. The summed E-state index contributed by atoms with van der Waals surface area (Å²) < 4.78 is 0. The topological polar surface area (TPSA) is 20.2 Å². The Kier molecular flexibility index (Phi) is 6.42. The predicted molar refractivity (Wildman–Crippen MR) is 44.2 cm³/mol. The van der Waals surface area contributed by atoms with E-state index in [1.54, 1.807) is 0 Å². The first-order chi connectivity index (χ1) is 4.27. The molecule has 0 aliphatic heterocycles. The zero-order valence-corrected chi connectivity index (χ0v) is 7.71. The van der Waals surface area contributed by atoms with Crippen molar-refractivity contribution in [2.75, 3.05) is 0 Å². The van der Waals surface area contributed by atoms with Gasteiger partial charge < -0.3 is 4.80 Å². The quantitative estimate of drug-likeness (QED) is 0.464. The minimum atomic E-state index is -1.21. The molecule has 0 amide bonds. The number of unbranched alkanes of at least 4 members (excludes halogenated alkanes) is 3. The smallest absolute Gasteiger partial charge is 0.169 e. The Morgan fingerprint density at radius 1 is 1.22 bits per heavy atom. The van der Waals surface area contributed by atoms with Crippen molar-refractivity contribution in [2.24, 2.45) is 0 Å². The van der Waals surface area contributed by atoms with Crippen LogP contribution in [0.25, 0.3) is 0 Å². The lowest BCUT2D eigenvalue weighted by Crippen LogP contribution is -2.03. The molecule has 0 radical (unpaired) electrons. The van der Waals surface area contributed by atoms with E-state index in [2.05, 4.69) is 6.92 Å². The third-order valence-electron chi connectivity index (χ3n) is 1.48. The molecule has 0 aromatic rings. The van der Waals surface area contributed by atoms with Crippen molar-refractivity contribution >= 4 is 9.04 Å². The molecule has 0 bridgehead atoms. The molecule has 1 unspecified atom stereocenters. The van der Waals surface area contributed by atoms with Gasteiger partial charge in [0.25, 0.3) is 0 Å². The predicted octanol–water partition coefficient (Wildman–Crippen LogP) is 1.91. The highest BCUT2D eigenvalue weighted by Crippen LogP contribution is 2.03. The van der Waals surface area contributed by atoms with Crippen LogP contribution in [-0.4, -0.2) is 13.8 Å². The van der Waals surface area contributed by atoms with Crippen LogP contribution in [0.15, 0.2) is 0 Å². The maximum absolute atomic E-state index is 8.99. The maximum Gasteiger partial charge on any atom is 0.169 e. The van der Waals surface area contributed by atoms with Crippen molar-refractivity contribution in [3.8, 4) is 0 Å². The molecule has 0 heterocycles. The molecule has 1 atom stereocenters. The first-order valence-electron chi connectivity index (χ1n) is 3.95. The molecule has 0 saturated carbocycles. The molecule has 1 nitrogen and oxygen atoms in total. The van der Waals surface area contributed by atoms with E-state index < -0.39 is 9.04 Å². The van der Waals surface area contributed by atoms with Gasteiger partial charge in [-0.1, -0.05) is 32.6 Å². The molecule has 1 N–H and O–H groups in total. The third kappa shape index (κ3) is 8.18. The van der Waals surface area contributed by atoms with E-state index in [0.717, 1.165) is 6.04 Å². The molecule has 0 spiro atoms. The van der Waals surface area contributed by atoms with Crippen molar-refractivity contribution in [2.45, 2.75) is 45.2 Å². The molecule has 9 heavy (non-hydrogen) atoms. The molecule has 0 aliphatic carbocycles. The van der Waals surface area contributed by atoms with E-state index in [1.165, 1.54) is 25.7 Å². The summed E-state index contributed by atoms with van der Waals surface area (Å²) in [6.45, 7) is 4.20. The summed E-state index contributed by atoms with van der Waals surface area (Å²) >= 11 is 0. The van der Waals surface area contributed by atoms with Crippen molar-refractivity contribution in [1.82, 2.24) is 0 Å². The van der Waals surface area contributed by atoms with E-state index >= 15 is 0 Å². The molecule has 2 heteroatoms. The van der Waals surface area contributed by atoms with E-state index in [0.29, 0.717) is 0 Å². The third-order valence-corrected chi connectivity index (χ3v) is 2.72. The highest BCUT2D eigenvalue weighted by atomic mass is 28.3. The van der Waals surface area contributed by atoms with Crippen LogP contribution < -0.4 is 0 Å². The molecule has 0 rings (SSSR count). The fourth-order valence-electron chi connectivity index (χ4n) is 0.867. The lowest BCUT2D eigenvalue weighted by Gasteiger charge is -1.99. The fraction of sp³-hybridized carbons (Fsp3) is 1.00. The van der Waals surface area contributed by atoms with Crippen LogP contribution in [0.2, 0.25) is 12.6 Å². The Hall–Kier alpha value is 0.177. The van der Waals surface area contributed by atoms with Gasteiger partial charge in [-0.3, -0.25) is 0 Å². The summed E-state index contributed by atoms with van der Waals surface area (Å²) in [4.78, 5) is 8.99. The SMILES string of the molecule is CCCCCC[SiH](C)O. The van der Waals surface area contributed by atoms with Crippen LogP contribution >= 0.6 is 0 Å². The summed E-state index contributed by atoms with van der Waals surface area (Å²) in [6, 6.07) is 1.11. The lowest BCUT2D eigenvalue weighted by molar-refractivity contribution is 0.566. The van der Waals surface area contributed by atoms with Gasteiger partial charge in [-0.2, -0.15) is 0 Å². The first kappa shape index (κ1) is 9.18. The molecule has 0 aromatic carbocycles. The van der Waals surface area contributed by atoms with E-state index in [1.807, 2.05) is 6.55 Å². The average molecular weight is 146 g/mol. The molecular weight excluding hydrogens is 128 g/mol. The summed E-state index contributed by atoms with van der Waals surface area (Å²) in [7, 11) is -1.21. The fourth-order valence-corrected chi connectivity index (χ4v) is 1.75. The second-order valence-electron chi connectivity index (χ2n) is 2.70. The highest BCUT2D eigenvalue weighted by molar-refractivity contribution is 6.48. The van der Waals surface area contributed by atoms with E-state index in [4.69, 9.17) is 4.80 Å². The Labute approximate surface area is 59.8 Å². The zero-order valence-electron chi connectivity index (χ0n) is 6.56. The Morgan fingerprint density at radius 2 is 1.89 bits per heavy atom. The van der Waals surface area contributed by atoms with Gasteiger partial charge >= 0.3 is 0 Å². The van der Waals surface area contributed by atoms with Crippen LogP contribution in [-0.2, 0) is 0 Å². The van der Waals surface area contributed by atoms with E-state index in [-0.39, 0.29) is 0 Å². The van der Waals surface area contributed by atoms with Gasteiger partial charge in [-0.25, -0.2) is 0 Å². The summed E-state index contributed by atoms with van der Waals surface area (Å²) in [5.41, 5.74) is 0. The molecule has 0 aliphatic rings. The summed E-state index contributed by atoms with van der Waals surface area (Å²) in [5, 5.41) is 0. The largest absolute Gasteiger partial charge is 0.435 e. The molecular formula is C7H18OSi. The zero-order chi connectivity index (χ0) is 7.11. The molecule has 0 saturated heterocycles. The minimum absolute atomic E-state index is 1.11. The van der Waals surface area contributed by atoms with Crippen LogP contribution in [0.4, 0.5) is 0 Å². The molecule has 0 fully saturated rings. The van der Waals surface area contributed by atoms with Crippen LogP contribution in [0.1, 0.15) is 32.6 Å². The summed E-state index contributed by atoms with van der Waals surface area (Å²) in [6.07, 6.45) is 5.19. The number of rotatable bonds is 5. The van der Waals surface area contributed by atoms with Crippen LogP contribution in [0.5, 0.6) is 0 Å². The summed E-state index contributed by atoms with van der Waals surface area (Å²) in [5.74, 6) is 0. The van der Waals surface area contributed by atoms with Crippen molar-refractivity contribution in [1.29, 1.82) is 0 Å². The second kappa shape index (κ2) is 6.30. The van der Waals surface area contributed by atoms with Crippen LogP contribution in [0.3, 0.4) is 0 Å². The highest BCUT2D eigenvalue weighted by Gasteiger charge is 1.95. The van der Waals surface area contributed by atoms with Crippen LogP contribution in [0, 0.1) is 0 Å². The number of hydrogen-bond acceptors (Lipinski definition) is 1. The average Bonchev–Trinajstić information content (AvgIpc) is 1.80. The van der Waals surface area contributed by atoms with Gasteiger partial charge in [0.05, 0.1) is 0 Å².